The van der Waals surface area contributed by atoms with Gasteiger partial charge in [0.1, 0.15) is 5.75 Å². The van der Waals surface area contributed by atoms with E-state index in [2.05, 4.69) is 0 Å². The van der Waals surface area contributed by atoms with E-state index in [9.17, 15) is 0 Å². The second-order valence-corrected chi connectivity index (χ2v) is 3.21. The molecule has 0 amide bonds. The molecule has 4 nitrogen and oxygen atoms in total. The Morgan fingerprint density at radius 2 is 2.36 bits per heavy atom. The molecule has 4 heteroatoms. The van der Waals surface area contributed by atoms with Crippen molar-refractivity contribution < 1.29 is 14.2 Å². The van der Waals surface area contributed by atoms with Gasteiger partial charge in [0.05, 0.1) is 13.2 Å². The number of hydrogen-bond donors (Lipinski definition) is 1. The molecule has 0 bridgehead atoms. The summed E-state index contributed by atoms with van der Waals surface area (Å²) in [6.45, 7) is 1.36. The molecule has 0 aliphatic carbocycles. The number of anilines is 1. The van der Waals surface area contributed by atoms with Crippen LogP contribution in [0.3, 0.4) is 0 Å². The fourth-order valence-electron chi connectivity index (χ4n) is 1.59. The fourth-order valence-corrected chi connectivity index (χ4v) is 1.59. The molecule has 0 fully saturated rings. The van der Waals surface area contributed by atoms with Gasteiger partial charge in [-0.3, -0.25) is 0 Å². The number of benzene rings is 1. The van der Waals surface area contributed by atoms with Gasteiger partial charge in [-0.05, 0) is 12.1 Å². The van der Waals surface area contributed by atoms with Gasteiger partial charge in [-0.2, -0.15) is 0 Å². The molecule has 0 unspecified atom stereocenters. The van der Waals surface area contributed by atoms with Gasteiger partial charge in [0.25, 0.3) is 0 Å². The van der Waals surface area contributed by atoms with E-state index in [4.69, 9.17) is 19.9 Å². The van der Waals surface area contributed by atoms with Crippen molar-refractivity contribution >= 4 is 5.69 Å². The highest BCUT2D eigenvalue weighted by Gasteiger charge is 2.15. The topological polar surface area (TPSA) is 53.7 Å². The van der Waals surface area contributed by atoms with Crippen LogP contribution in [-0.2, 0) is 22.7 Å². The Kier molecular flexibility index (Phi) is 2.56. The van der Waals surface area contributed by atoms with Crippen LogP contribution in [0.5, 0.6) is 5.75 Å². The Hall–Kier alpha value is -1.26. The number of hydrogen-bond acceptors (Lipinski definition) is 4. The molecule has 1 aromatic rings. The average Bonchev–Trinajstić information content (AvgIpc) is 2.18. The first kappa shape index (κ1) is 9.30. The van der Waals surface area contributed by atoms with Crippen LogP contribution in [-0.4, -0.2) is 13.9 Å². The minimum Gasteiger partial charge on any atom is -0.467 e. The van der Waals surface area contributed by atoms with E-state index >= 15 is 0 Å². The van der Waals surface area contributed by atoms with Crippen molar-refractivity contribution in [1.29, 1.82) is 0 Å². The van der Waals surface area contributed by atoms with Crippen LogP contribution in [0.1, 0.15) is 11.1 Å². The molecule has 2 rings (SSSR count). The number of fused-ring (bicyclic) bond motifs is 1. The largest absolute Gasteiger partial charge is 0.467 e. The van der Waals surface area contributed by atoms with Crippen molar-refractivity contribution in [3.05, 3.63) is 23.3 Å². The minimum absolute atomic E-state index is 0.299. The summed E-state index contributed by atoms with van der Waals surface area (Å²) in [7, 11) is 1.65. The predicted octanol–water partition coefficient (Wildman–Crippen LogP) is 1.28. The van der Waals surface area contributed by atoms with Crippen molar-refractivity contribution in [2.45, 2.75) is 13.2 Å². The highest BCUT2D eigenvalue weighted by atomic mass is 16.7. The first-order chi connectivity index (χ1) is 6.81. The van der Waals surface area contributed by atoms with Crippen LogP contribution >= 0.6 is 0 Å². The molecule has 1 heterocycles. The van der Waals surface area contributed by atoms with Crippen LogP contribution in [0, 0.1) is 0 Å². The molecule has 0 spiro atoms. The molecule has 1 aliphatic rings. The van der Waals surface area contributed by atoms with Crippen molar-refractivity contribution in [1.82, 2.24) is 0 Å². The highest BCUT2D eigenvalue weighted by molar-refractivity contribution is 5.53. The van der Waals surface area contributed by atoms with Crippen LogP contribution in [0.25, 0.3) is 0 Å². The van der Waals surface area contributed by atoms with E-state index in [1.165, 1.54) is 0 Å². The molecule has 14 heavy (non-hydrogen) atoms. The smallest absolute Gasteiger partial charge is 0.189 e. The lowest BCUT2D eigenvalue weighted by atomic mass is 10.1. The molecule has 0 saturated carbocycles. The molecular formula is C10H13NO3. The van der Waals surface area contributed by atoms with Gasteiger partial charge in [-0.15, -0.1) is 0 Å². The number of rotatable bonds is 2. The predicted molar refractivity (Wildman–Crippen MR) is 51.9 cm³/mol. The summed E-state index contributed by atoms with van der Waals surface area (Å²) < 4.78 is 15.6. The Morgan fingerprint density at radius 3 is 3.14 bits per heavy atom. The Labute approximate surface area is 82.6 Å². The molecule has 0 radical (unpaired) electrons. The summed E-state index contributed by atoms with van der Waals surface area (Å²) in [5.41, 5.74) is 8.43. The quantitative estimate of drug-likeness (QED) is 0.722. The van der Waals surface area contributed by atoms with E-state index in [0.29, 0.717) is 25.7 Å². The summed E-state index contributed by atoms with van der Waals surface area (Å²) in [5.74, 6) is 0.854. The molecule has 1 aromatic carbocycles. The third kappa shape index (κ3) is 1.66. The monoisotopic (exact) mass is 195 g/mol. The number of nitrogens with two attached hydrogens (primary N) is 1. The molecule has 76 valence electrons. The molecular weight excluding hydrogens is 182 g/mol. The molecule has 1 aliphatic heterocycles. The number of methoxy groups -OCH3 is 1. The van der Waals surface area contributed by atoms with Gasteiger partial charge in [0.2, 0.25) is 0 Å². The lowest BCUT2D eigenvalue weighted by Crippen LogP contribution is -2.13. The molecule has 0 aromatic heterocycles. The fraction of sp³-hybridized carbons (Fsp3) is 0.400. The SMILES string of the molecule is COCc1cc(N)cc2c1OCOC2. The van der Waals surface area contributed by atoms with E-state index < -0.39 is 0 Å². The summed E-state index contributed by atoms with van der Waals surface area (Å²) in [6, 6.07) is 3.74. The first-order valence-electron chi connectivity index (χ1n) is 4.42. The van der Waals surface area contributed by atoms with Crippen molar-refractivity contribution in [3.63, 3.8) is 0 Å². The van der Waals surface area contributed by atoms with Crippen molar-refractivity contribution in [3.8, 4) is 5.75 Å². The van der Waals surface area contributed by atoms with E-state index in [1.807, 2.05) is 12.1 Å². The summed E-state index contributed by atoms with van der Waals surface area (Å²) in [4.78, 5) is 0. The summed E-state index contributed by atoms with van der Waals surface area (Å²) >= 11 is 0. The zero-order valence-corrected chi connectivity index (χ0v) is 8.08. The van der Waals surface area contributed by atoms with Crippen molar-refractivity contribution in [2.24, 2.45) is 0 Å². The first-order valence-corrected chi connectivity index (χ1v) is 4.42. The second kappa shape index (κ2) is 3.86. The minimum atomic E-state index is 0.299. The van der Waals surface area contributed by atoms with Gasteiger partial charge in [0, 0.05) is 23.9 Å². The number of nitrogen functional groups attached to an aromatic ring is 1. The molecule has 0 atom stereocenters. The summed E-state index contributed by atoms with van der Waals surface area (Å²) in [5, 5.41) is 0. The maximum absolute atomic E-state index is 5.75. The lowest BCUT2D eigenvalue weighted by molar-refractivity contribution is -0.0179. The van der Waals surface area contributed by atoms with Gasteiger partial charge in [-0.25, -0.2) is 0 Å². The van der Waals surface area contributed by atoms with Crippen molar-refractivity contribution in [2.75, 3.05) is 19.6 Å². The van der Waals surface area contributed by atoms with Crippen LogP contribution < -0.4 is 10.5 Å². The lowest BCUT2D eigenvalue weighted by Gasteiger charge is -2.20. The van der Waals surface area contributed by atoms with E-state index in [1.54, 1.807) is 7.11 Å². The Morgan fingerprint density at radius 1 is 1.50 bits per heavy atom. The highest BCUT2D eigenvalue weighted by Crippen LogP contribution is 2.30. The Bertz CT molecular complexity index is 338. The standard InChI is InChI=1S/C10H13NO3/c1-12-4-7-2-9(11)3-8-5-13-6-14-10(7)8/h2-3H,4-6,11H2,1H3. The van der Waals surface area contributed by atoms with Crippen LogP contribution in [0.15, 0.2) is 12.1 Å². The third-order valence-corrected chi connectivity index (χ3v) is 2.11. The molecule has 0 saturated heterocycles. The zero-order valence-electron chi connectivity index (χ0n) is 8.08. The Balaban J connectivity index is 2.41. The van der Waals surface area contributed by atoms with Gasteiger partial charge in [0.15, 0.2) is 6.79 Å². The maximum atomic E-state index is 5.75. The van der Waals surface area contributed by atoms with Crippen LogP contribution in [0.4, 0.5) is 5.69 Å². The zero-order chi connectivity index (χ0) is 9.97. The second-order valence-electron chi connectivity index (χ2n) is 3.21. The van der Waals surface area contributed by atoms with Crippen LogP contribution in [0.2, 0.25) is 0 Å². The molecule has 2 N–H and O–H groups in total. The van der Waals surface area contributed by atoms with Gasteiger partial charge < -0.3 is 19.9 Å². The summed E-state index contributed by atoms with van der Waals surface area (Å²) in [6.07, 6.45) is 0. The van der Waals surface area contributed by atoms with Gasteiger partial charge in [-0.1, -0.05) is 0 Å². The average molecular weight is 195 g/mol. The van der Waals surface area contributed by atoms with E-state index in [0.717, 1.165) is 16.9 Å². The van der Waals surface area contributed by atoms with E-state index in [-0.39, 0.29) is 0 Å². The third-order valence-electron chi connectivity index (χ3n) is 2.11. The normalized spacial score (nSPS) is 14.6. The maximum Gasteiger partial charge on any atom is 0.189 e. The van der Waals surface area contributed by atoms with Gasteiger partial charge >= 0.3 is 0 Å². The number of ether oxygens (including phenoxy) is 3.